The van der Waals surface area contributed by atoms with Crippen molar-refractivity contribution in [1.29, 1.82) is 0 Å². The SMILES string of the molecule is C1CCC(NC2CCCCC2)CC1.CCC(C)O. The van der Waals surface area contributed by atoms with E-state index in [4.69, 9.17) is 5.11 Å². The van der Waals surface area contributed by atoms with Crippen molar-refractivity contribution < 1.29 is 5.11 Å². The summed E-state index contributed by atoms with van der Waals surface area (Å²) in [7, 11) is 0. The van der Waals surface area contributed by atoms with Crippen molar-refractivity contribution in [2.45, 2.75) is 103 Å². The number of aliphatic hydroxyl groups excluding tert-OH is 1. The van der Waals surface area contributed by atoms with Crippen molar-refractivity contribution in [3.8, 4) is 0 Å². The Morgan fingerprint density at radius 3 is 1.50 bits per heavy atom. The molecule has 2 fully saturated rings. The fraction of sp³-hybridized carbons (Fsp3) is 1.00. The zero-order valence-corrected chi connectivity index (χ0v) is 12.5. The summed E-state index contributed by atoms with van der Waals surface area (Å²) in [6.07, 6.45) is 15.3. The molecule has 0 amide bonds. The second-order valence-corrected chi connectivity index (χ2v) is 6.09. The van der Waals surface area contributed by atoms with Gasteiger partial charge in [0.15, 0.2) is 0 Å². The largest absolute Gasteiger partial charge is 0.393 e. The van der Waals surface area contributed by atoms with Crippen LogP contribution in [0.15, 0.2) is 0 Å². The summed E-state index contributed by atoms with van der Waals surface area (Å²) in [4.78, 5) is 0. The van der Waals surface area contributed by atoms with E-state index < -0.39 is 0 Å². The van der Waals surface area contributed by atoms with Gasteiger partial charge in [-0.1, -0.05) is 45.4 Å². The minimum Gasteiger partial charge on any atom is -0.393 e. The van der Waals surface area contributed by atoms with Gasteiger partial charge in [0.25, 0.3) is 0 Å². The maximum absolute atomic E-state index is 8.36. The average molecular weight is 255 g/mol. The van der Waals surface area contributed by atoms with Gasteiger partial charge in [0.05, 0.1) is 6.10 Å². The third-order valence-corrected chi connectivity index (χ3v) is 4.27. The fourth-order valence-electron chi connectivity index (χ4n) is 2.87. The van der Waals surface area contributed by atoms with Crippen LogP contribution in [-0.4, -0.2) is 23.3 Å². The maximum Gasteiger partial charge on any atom is 0.0509 e. The molecule has 1 atom stereocenters. The Morgan fingerprint density at radius 1 is 0.889 bits per heavy atom. The Kier molecular flexibility index (Phi) is 8.70. The molecule has 0 radical (unpaired) electrons. The van der Waals surface area contributed by atoms with Gasteiger partial charge in [0, 0.05) is 12.1 Å². The molecule has 18 heavy (non-hydrogen) atoms. The number of rotatable bonds is 3. The number of hydrogen-bond acceptors (Lipinski definition) is 2. The van der Waals surface area contributed by atoms with E-state index >= 15 is 0 Å². The molecule has 2 nitrogen and oxygen atoms in total. The van der Waals surface area contributed by atoms with Crippen molar-refractivity contribution in [3.63, 3.8) is 0 Å². The Labute approximate surface area is 114 Å². The summed E-state index contributed by atoms with van der Waals surface area (Å²) in [6, 6.07) is 1.74. The molecular formula is C16H33NO. The van der Waals surface area contributed by atoms with Crippen LogP contribution in [0.5, 0.6) is 0 Å². The predicted molar refractivity (Wildman–Crippen MR) is 78.9 cm³/mol. The third-order valence-electron chi connectivity index (χ3n) is 4.27. The lowest BCUT2D eigenvalue weighted by atomic mass is 9.91. The van der Waals surface area contributed by atoms with Crippen LogP contribution >= 0.6 is 0 Å². The van der Waals surface area contributed by atoms with Crippen molar-refractivity contribution in [2.24, 2.45) is 0 Å². The average Bonchev–Trinajstić information content (AvgIpc) is 2.42. The molecule has 2 saturated carbocycles. The van der Waals surface area contributed by atoms with Crippen molar-refractivity contribution in [2.75, 3.05) is 0 Å². The quantitative estimate of drug-likeness (QED) is 0.798. The summed E-state index contributed by atoms with van der Waals surface area (Å²) in [5, 5.41) is 12.2. The first-order chi connectivity index (χ1) is 8.72. The minimum atomic E-state index is -0.116. The molecule has 0 aliphatic heterocycles. The van der Waals surface area contributed by atoms with E-state index in [1.165, 1.54) is 64.2 Å². The first-order valence-corrected chi connectivity index (χ1v) is 8.16. The third kappa shape index (κ3) is 7.38. The minimum absolute atomic E-state index is 0.116. The molecule has 108 valence electrons. The van der Waals surface area contributed by atoms with E-state index in [2.05, 4.69) is 5.32 Å². The van der Waals surface area contributed by atoms with Gasteiger partial charge in [0.1, 0.15) is 0 Å². The summed E-state index contributed by atoms with van der Waals surface area (Å²) in [5.41, 5.74) is 0. The van der Waals surface area contributed by atoms with Gasteiger partial charge in [-0.05, 0) is 39.0 Å². The zero-order chi connectivity index (χ0) is 13.2. The van der Waals surface area contributed by atoms with Crippen LogP contribution in [0.2, 0.25) is 0 Å². The van der Waals surface area contributed by atoms with Crippen LogP contribution in [0.3, 0.4) is 0 Å². The molecule has 2 N–H and O–H groups in total. The van der Waals surface area contributed by atoms with Gasteiger partial charge in [0.2, 0.25) is 0 Å². The molecule has 2 aliphatic carbocycles. The lowest BCUT2D eigenvalue weighted by molar-refractivity contribution is 0.191. The fourth-order valence-corrected chi connectivity index (χ4v) is 2.87. The molecule has 0 saturated heterocycles. The van der Waals surface area contributed by atoms with Crippen molar-refractivity contribution in [3.05, 3.63) is 0 Å². The number of aliphatic hydroxyl groups is 1. The molecule has 0 heterocycles. The molecule has 0 aromatic rings. The molecule has 0 spiro atoms. The molecular weight excluding hydrogens is 222 g/mol. The van der Waals surface area contributed by atoms with Gasteiger partial charge in [-0.3, -0.25) is 0 Å². The smallest absolute Gasteiger partial charge is 0.0509 e. The predicted octanol–water partition coefficient (Wildman–Crippen LogP) is 4.02. The Bertz CT molecular complexity index is 166. The molecule has 0 aromatic carbocycles. The molecule has 2 aliphatic rings. The molecule has 0 bridgehead atoms. The highest BCUT2D eigenvalue weighted by molar-refractivity contribution is 4.79. The van der Waals surface area contributed by atoms with Crippen LogP contribution in [0.1, 0.15) is 84.5 Å². The normalized spacial score (nSPS) is 24.2. The summed E-state index contributed by atoms with van der Waals surface area (Å²) < 4.78 is 0. The highest BCUT2D eigenvalue weighted by atomic mass is 16.3. The lowest BCUT2D eigenvalue weighted by Crippen LogP contribution is -2.40. The first kappa shape index (κ1) is 16.0. The van der Waals surface area contributed by atoms with E-state index in [9.17, 15) is 0 Å². The van der Waals surface area contributed by atoms with Crippen LogP contribution in [0, 0.1) is 0 Å². The highest BCUT2D eigenvalue weighted by Crippen LogP contribution is 2.22. The number of hydrogen-bond donors (Lipinski definition) is 2. The highest BCUT2D eigenvalue weighted by Gasteiger charge is 2.19. The van der Waals surface area contributed by atoms with Crippen LogP contribution < -0.4 is 5.32 Å². The van der Waals surface area contributed by atoms with E-state index in [0.717, 1.165) is 18.5 Å². The summed E-state index contributed by atoms with van der Waals surface area (Å²) in [5.74, 6) is 0. The van der Waals surface area contributed by atoms with Crippen LogP contribution in [0.25, 0.3) is 0 Å². The van der Waals surface area contributed by atoms with Crippen LogP contribution in [-0.2, 0) is 0 Å². The van der Waals surface area contributed by atoms with E-state index in [1.54, 1.807) is 6.92 Å². The summed E-state index contributed by atoms with van der Waals surface area (Å²) in [6.45, 7) is 3.73. The topological polar surface area (TPSA) is 32.3 Å². The molecule has 2 heteroatoms. The first-order valence-electron chi connectivity index (χ1n) is 8.16. The van der Waals surface area contributed by atoms with Crippen molar-refractivity contribution >= 4 is 0 Å². The van der Waals surface area contributed by atoms with Gasteiger partial charge >= 0.3 is 0 Å². The van der Waals surface area contributed by atoms with Crippen LogP contribution in [0.4, 0.5) is 0 Å². The second-order valence-electron chi connectivity index (χ2n) is 6.09. The zero-order valence-electron chi connectivity index (χ0n) is 12.5. The Hall–Kier alpha value is -0.0800. The molecule has 1 unspecified atom stereocenters. The second kappa shape index (κ2) is 9.80. The number of nitrogens with one attached hydrogen (secondary N) is 1. The standard InChI is InChI=1S/C12H23N.C4H10O/c1-3-7-11(8-4-1)13-12-9-5-2-6-10-12;1-3-4(2)5/h11-13H,1-10H2;4-5H,3H2,1-2H3. The molecule has 0 aromatic heterocycles. The van der Waals surface area contributed by atoms with Gasteiger partial charge < -0.3 is 10.4 Å². The Balaban J connectivity index is 0.000000280. The molecule has 2 rings (SSSR count). The maximum atomic E-state index is 8.36. The van der Waals surface area contributed by atoms with E-state index in [0.29, 0.717) is 0 Å². The van der Waals surface area contributed by atoms with E-state index in [-0.39, 0.29) is 6.10 Å². The van der Waals surface area contributed by atoms with E-state index in [1.807, 2.05) is 6.92 Å². The summed E-state index contributed by atoms with van der Waals surface area (Å²) >= 11 is 0. The monoisotopic (exact) mass is 255 g/mol. The van der Waals surface area contributed by atoms with Crippen molar-refractivity contribution in [1.82, 2.24) is 5.32 Å². The van der Waals surface area contributed by atoms with Gasteiger partial charge in [-0.15, -0.1) is 0 Å². The lowest BCUT2D eigenvalue weighted by Gasteiger charge is -2.30. The Morgan fingerprint density at radius 2 is 1.22 bits per heavy atom. The van der Waals surface area contributed by atoms with Gasteiger partial charge in [-0.25, -0.2) is 0 Å². The van der Waals surface area contributed by atoms with Gasteiger partial charge in [-0.2, -0.15) is 0 Å².